The second-order valence-corrected chi connectivity index (χ2v) is 5.12. The molecule has 1 aromatic rings. The van der Waals surface area contributed by atoms with E-state index < -0.39 is 0 Å². The Kier molecular flexibility index (Phi) is 8.80. The van der Waals surface area contributed by atoms with Crippen LogP contribution < -0.4 is 9.47 Å². The summed E-state index contributed by atoms with van der Waals surface area (Å²) in [6.45, 7) is 6.66. The monoisotopic (exact) mass is 326 g/mol. The summed E-state index contributed by atoms with van der Waals surface area (Å²) in [5.41, 5.74) is 0. The van der Waals surface area contributed by atoms with Crippen LogP contribution in [0.4, 0.5) is 0 Å². The van der Waals surface area contributed by atoms with Gasteiger partial charge < -0.3 is 28.4 Å². The van der Waals surface area contributed by atoms with Crippen molar-refractivity contribution in [1.29, 1.82) is 0 Å². The van der Waals surface area contributed by atoms with Crippen molar-refractivity contribution in [2.45, 2.75) is 13.0 Å². The van der Waals surface area contributed by atoms with Gasteiger partial charge in [0, 0.05) is 0 Å². The molecule has 1 aliphatic heterocycles. The van der Waals surface area contributed by atoms with Crippen LogP contribution in [0.15, 0.2) is 24.3 Å². The van der Waals surface area contributed by atoms with Gasteiger partial charge in [-0.3, -0.25) is 0 Å². The van der Waals surface area contributed by atoms with Crippen molar-refractivity contribution >= 4 is 0 Å². The molecule has 0 N–H and O–H groups in total. The molecular formula is C17H26O6. The molecule has 1 aliphatic rings. The predicted octanol–water partition coefficient (Wildman–Crippen LogP) is 1.91. The Morgan fingerprint density at radius 1 is 0.696 bits per heavy atom. The van der Waals surface area contributed by atoms with Crippen molar-refractivity contribution in [3.8, 4) is 11.5 Å². The smallest absolute Gasteiger partial charge is 0.161 e. The third-order valence-corrected chi connectivity index (χ3v) is 3.17. The lowest BCUT2D eigenvalue weighted by atomic mass is 10.3. The average molecular weight is 326 g/mol. The summed E-state index contributed by atoms with van der Waals surface area (Å²) >= 11 is 0. The Bertz CT molecular complexity index is 425. The normalized spacial score (nSPS) is 22.7. The second kappa shape index (κ2) is 11.2. The number of ether oxygens (including phenoxy) is 6. The van der Waals surface area contributed by atoms with Gasteiger partial charge in [0.05, 0.1) is 52.4 Å². The van der Waals surface area contributed by atoms with Gasteiger partial charge in [-0.05, 0) is 19.1 Å². The lowest BCUT2D eigenvalue weighted by molar-refractivity contribution is -0.0410. The Morgan fingerprint density at radius 2 is 1.22 bits per heavy atom. The maximum absolute atomic E-state index is 5.72. The Hall–Kier alpha value is -1.34. The highest BCUT2D eigenvalue weighted by Gasteiger charge is 2.06. The van der Waals surface area contributed by atoms with Crippen molar-refractivity contribution in [3.63, 3.8) is 0 Å². The molecule has 6 heteroatoms. The molecule has 1 unspecified atom stereocenters. The molecule has 0 saturated carbocycles. The van der Waals surface area contributed by atoms with E-state index in [1.807, 2.05) is 31.2 Å². The van der Waals surface area contributed by atoms with Crippen molar-refractivity contribution in [3.05, 3.63) is 24.3 Å². The van der Waals surface area contributed by atoms with E-state index in [1.54, 1.807) is 0 Å². The van der Waals surface area contributed by atoms with Gasteiger partial charge in [0.25, 0.3) is 0 Å². The van der Waals surface area contributed by atoms with Crippen LogP contribution in [-0.4, -0.2) is 65.6 Å². The zero-order chi connectivity index (χ0) is 16.2. The third kappa shape index (κ3) is 7.65. The van der Waals surface area contributed by atoms with Gasteiger partial charge in [0.2, 0.25) is 0 Å². The van der Waals surface area contributed by atoms with Crippen LogP contribution in [0.1, 0.15) is 6.92 Å². The highest BCUT2D eigenvalue weighted by atomic mass is 16.6. The summed E-state index contributed by atoms with van der Waals surface area (Å²) in [4.78, 5) is 0. The fourth-order valence-corrected chi connectivity index (χ4v) is 2.04. The summed E-state index contributed by atoms with van der Waals surface area (Å²) in [5, 5.41) is 0. The minimum Gasteiger partial charge on any atom is -0.487 e. The van der Waals surface area contributed by atoms with Gasteiger partial charge >= 0.3 is 0 Å². The molecule has 0 aromatic heterocycles. The van der Waals surface area contributed by atoms with Gasteiger partial charge in [-0.25, -0.2) is 0 Å². The van der Waals surface area contributed by atoms with Gasteiger partial charge in [0.15, 0.2) is 11.5 Å². The Morgan fingerprint density at radius 3 is 1.87 bits per heavy atom. The Labute approximate surface area is 137 Å². The quantitative estimate of drug-likeness (QED) is 0.726. The van der Waals surface area contributed by atoms with E-state index in [0.717, 1.165) is 0 Å². The standard InChI is InChI=1S/C17H26O6/c1-15-14-20-10-13-23-17-5-3-2-4-16(17)22-12-9-19-7-6-18-8-11-21-15/h2-5,15H,6-14H2,1H3. The molecular weight excluding hydrogens is 300 g/mol. The van der Waals surface area contributed by atoms with Crippen molar-refractivity contribution in [2.24, 2.45) is 0 Å². The molecule has 2 rings (SSSR count). The molecule has 0 aliphatic carbocycles. The lowest BCUT2D eigenvalue weighted by Gasteiger charge is -2.16. The number of benzene rings is 1. The predicted molar refractivity (Wildman–Crippen MR) is 85.3 cm³/mol. The zero-order valence-electron chi connectivity index (χ0n) is 13.7. The first-order valence-corrected chi connectivity index (χ1v) is 8.05. The number of hydrogen-bond donors (Lipinski definition) is 0. The van der Waals surface area contributed by atoms with Crippen LogP contribution >= 0.6 is 0 Å². The fourth-order valence-electron chi connectivity index (χ4n) is 2.04. The molecule has 1 atom stereocenters. The van der Waals surface area contributed by atoms with Crippen molar-refractivity contribution in [1.82, 2.24) is 0 Å². The number of para-hydroxylation sites is 2. The maximum Gasteiger partial charge on any atom is 0.161 e. The average Bonchev–Trinajstić information content (AvgIpc) is 2.56. The van der Waals surface area contributed by atoms with Gasteiger partial charge in [-0.15, -0.1) is 0 Å². The SMILES string of the molecule is CC1COCCOc2ccccc2OCCOCCOCCO1. The van der Waals surface area contributed by atoms with E-state index in [9.17, 15) is 0 Å². The molecule has 1 aromatic carbocycles. The minimum absolute atomic E-state index is 0.0318. The van der Waals surface area contributed by atoms with Gasteiger partial charge in [-0.1, -0.05) is 12.1 Å². The molecule has 0 fully saturated rings. The summed E-state index contributed by atoms with van der Waals surface area (Å²) in [5.74, 6) is 1.43. The van der Waals surface area contributed by atoms with E-state index in [2.05, 4.69) is 0 Å². The molecule has 0 saturated heterocycles. The van der Waals surface area contributed by atoms with E-state index in [4.69, 9.17) is 28.4 Å². The van der Waals surface area contributed by atoms with Crippen LogP contribution in [-0.2, 0) is 18.9 Å². The molecule has 6 nitrogen and oxygen atoms in total. The van der Waals surface area contributed by atoms with Crippen LogP contribution in [0.25, 0.3) is 0 Å². The minimum atomic E-state index is 0.0318. The van der Waals surface area contributed by atoms with Gasteiger partial charge in [0.1, 0.15) is 13.2 Å². The maximum atomic E-state index is 5.72. The summed E-state index contributed by atoms with van der Waals surface area (Å²) in [7, 11) is 0. The van der Waals surface area contributed by atoms with Crippen LogP contribution in [0.3, 0.4) is 0 Å². The van der Waals surface area contributed by atoms with Crippen molar-refractivity contribution < 1.29 is 28.4 Å². The zero-order valence-corrected chi connectivity index (χ0v) is 13.7. The Balaban J connectivity index is 1.82. The number of rotatable bonds is 0. The molecule has 1 heterocycles. The van der Waals surface area contributed by atoms with Crippen LogP contribution in [0.2, 0.25) is 0 Å². The molecule has 0 radical (unpaired) electrons. The highest BCUT2D eigenvalue weighted by Crippen LogP contribution is 2.26. The van der Waals surface area contributed by atoms with Crippen LogP contribution in [0.5, 0.6) is 11.5 Å². The molecule has 0 bridgehead atoms. The van der Waals surface area contributed by atoms with E-state index in [-0.39, 0.29) is 6.10 Å². The summed E-state index contributed by atoms with van der Waals surface area (Å²) in [6.07, 6.45) is 0.0318. The van der Waals surface area contributed by atoms with E-state index in [0.29, 0.717) is 71.0 Å². The second-order valence-electron chi connectivity index (χ2n) is 5.12. The third-order valence-electron chi connectivity index (χ3n) is 3.17. The van der Waals surface area contributed by atoms with Crippen molar-refractivity contribution in [2.75, 3.05) is 59.5 Å². The van der Waals surface area contributed by atoms with E-state index in [1.165, 1.54) is 0 Å². The first-order chi connectivity index (χ1) is 11.4. The lowest BCUT2D eigenvalue weighted by Crippen LogP contribution is -2.21. The molecule has 23 heavy (non-hydrogen) atoms. The van der Waals surface area contributed by atoms with Gasteiger partial charge in [-0.2, -0.15) is 0 Å². The largest absolute Gasteiger partial charge is 0.487 e. The molecule has 130 valence electrons. The number of fused-ring (bicyclic) bond motifs is 1. The highest BCUT2D eigenvalue weighted by molar-refractivity contribution is 5.39. The number of hydrogen-bond acceptors (Lipinski definition) is 6. The van der Waals surface area contributed by atoms with Crippen LogP contribution in [0, 0.1) is 0 Å². The fraction of sp³-hybridized carbons (Fsp3) is 0.647. The first-order valence-electron chi connectivity index (χ1n) is 8.05. The summed E-state index contributed by atoms with van der Waals surface area (Å²) < 4.78 is 33.5. The van der Waals surface area contributed by atoms with E-state index >= 15 is 0 Å². The molecule has 0 amide bonds. The summed E-state index contributed by atoms with van der Waals surface area (Å²) in [6, 6.07) is 7.60. The topological polar surface area (TPSA) is 55.4 Å². The molecule has 0 spiro atoms. The first kappa shape index (κ1) is 18.0.